The van der Waals surface area contributed by atoms with E-state index >= 15 is 0 Å². The van der Waals surface area contributed by atoms with Gasteiger partial charge in [0, 0.05) is 37.7 Å². The van der Waals surface area contributed by atoms with Crippen LogP contribution in [-0.2, 0) is 18.9 Å². The molecule has 5 rings (SSSR count). The molecule has 3 aromatic heterocycles. The van der Waals surface area contributed by atoms with Gasteiger partial charge in [0.05, 0.1) is 0 Å². The lowest BCUT2D eigenvalue weighted by molar-refractivity contribution is -0.292. The van der Waals surface area contributed by atoms with Gasteiger partial charge in [-0.1, -0.05) is 13.3 Å². The van der Waals surface area contributed by atoms with Crippen molar-refractivity contribution in [3.05, 3.63) is 71.8 Å². The smallest absolute Gasteiger partial charge is 0.461 e. The first-order valence-electron chi connectivity index (χ1n) is 13.1. The first kappa shape index (κ1) is 27.8. The number of imidazole rings is 1. The molecule has 2 N–H and O–H groups in total. The molecule has 1 aliphatic heterocycles. The van der Waals surface area contributed by atoms with E-state index in [-0.39, 0.29) is 23.0 Å². The summed E-state index contributed by atoms with van der Waals surface area (Å²) >= 11 is 0. The topological polar surface area (TPSA) is 82.1 Å². The molecular weight excluding hydrogens is 531 g/mol. The van der Waals surface area contributed by atoms with Crippen molar-refractivity contribution < 1.29 is 26.7 Å². The summed E-state index contributed by atoms with van der Waals surface area (Å²) in [7, 11) is 0. The van der Waals surface area contributed by atoms with E-state index in [1.807, 2.05) is 19.1 Å². The van der Waals surface area contributed by atoms with E-state index in [2.05, 4.69) is 19.9 Å². The number of nitrogens with zero attached hydrogens (tertiary/aromatic N) is 5. The second kappa shape index (κ2) is 11.0. The van der Waals surface area contributed by atoms with Gasteiger partial charge in [-0.25, -0.2) is 15.0 Å². The fourth-order valence-corrected chi connectivity index (χ4v) is 4.92. The summed E-state index contributed by atoms with van der Waals surface area (Å²) in [6, 6.07) is 11.3. The third-order valence-electron chi connectivity index (χ3n) is 6.91. The molecule has 0 bridgehead atoms. The zero-order valence-corrected chi connectivity index (χ0v) is 21.8. The van der Waals surface area contributed by atoms with Crippen molar-refractivity contribution in [3.63, 3.8) is 0 Å². The molecule has 4 heterocycles. The lowest BCUT2D eigenvalue weighted by Gasteiger charge is -2.32. The van der Waals surface area contributed by atoms with Gasteiger partial charge in [0.1, 0.15) is 23.2 Å². The van der Waals surface area contributed by atoms with Gasteiger partial charge < -0.3 is 10.5 Å². The first-order chi connectivity index (χ1) is 19.0. The molecule has 1 fully saturated rings. The van der Waals surface area contributed by atoms with Gasteiger partial charge in [-0.2, -0.15) is 22.0 Å². The molecule has 0 unspecified atom stereocenters. The lowest BCUT2D eigenvalue weighted by Crippen LogP contribution is -2.37. The van der Waals surface area contributed by atoms with Crippen LogP contribution in [0.2, 0.25) is 0 Å². The maximum atomic E-state index is 14.6. The molecule has 0 amide bonds. The van der Waals surface area contributed by atoms with E-state index in [1.54, 1.807) is 18.3 Å². The number of alkyl halides is 5. The van der Waals surface area contributed by atoms with Gasteiger partial charge in [-0.3, -0.25) is 9.47 Å². The molecule has 0 atom stereocenters. The van der Waals surface area contributed by atoms with Crippen molar-refractivity contribution in [1.29, 1.82) is 0 Å². The number of nitrogens with two attached hydrogens (primary N) is 1. The normalized spacial score (nSPS) is 15.6. The number of likely N-dealkylation sites (tertiary alicyclic amines) is 1. The lowest BCUT2D eigenvalue weighted by atomic mass is 10.1. The van der Waals surface area contributed by atoms with Crippen LogP contribution >= 0.6 is 0 Å². The number of nitrogen functional groups attached to an aromatic ring is 1. The van der Waals surface area contributed by atoms with Crippen LogP contribution in [0, 0.1) is 0 Å². The zero-order valence-electron chi connectivity index (χ0n) is 21.8. The van der Waals surface area contributed by atoms with Crippen LogP contribution < -0.4 is 10.5 Å². The van der Waals surface area contributed by atoms with Gasteiger partial charge in [0.15, 0.2) is 11.5 Å². The average Bonchev–Trinajstić information content (AvgIpc) is 3.29. The number of aryl methyl sites for hydroxylation is 1. The van der Waals surface area contributed by atoms with Crippen LogP contribution in [0.5, 0.6) is 5.75 Å². The van der Waals surface area contributed by atoms with Crippen LogP contribution in [0.25, 0.3) is 16.9 Å². The largest absolute Gasteiger partial charge is 0.490 e. The molecule has 40 heavy (non-hydrogen) atoms. The summed E-state index contributed by atoms with van der Waals surface area (Å²) < 4.78 is 76.2. The number of fused-ring (bicyclic) bond motifs is 1. The zero-order chi connectivity index (χ0) is 28.5. The predicted octanol–water partition coefficient (Wildman–Crippen LogP) is 6.05. The standard InChI is InChI=1S/C28H29F5N6O/c1-2-3-18-14-23-25(36-16-18)39(26(37-23)27(29,30)28(31,32)33)20-4-6-21(7-5-20)40-22-9-12-38(13-10-22)17-19-8-11-35-24(34)15-19/h4-8,11,14-16,22H,2-3,9-10,12-13,17H2,1H3,(H2,34,35). The quantitative estimate of drug-likeness (QED) is 0.265. The van der Waals surface area contributed by atoms with Crippen molar-refractivity contribution in [3.8, 4) is 11.4 Å². The molecule has 12 heteroatoms. The van der Waals surface area contributed by atoms with Gasteiger partial charge >= 0.3 is 12.1 Å². The predicted molar refractivity (Wildman–Crippen MR) is 140 cm³/mol. The third kappa shape index (κ3) is 5.72. The van der Waals surface area contributed by atoms with Crippen LogP contribution in [-0.4, -0.2) is 49.8 Å². The molecule has 1 saturated heterocycles. The molecular formula is C28H29F5N6O. The van der Waals surface area contributed by atoms with Crippen LogP contribution in [0.3, 0.4) is 0 Å². The van der Waals surface area contributed by atoms with Crippen molar-refractivity contribution >= 4 is 17.0 Å². The highest BCUT2D eigenvalue weighted by Crippen LogP contribution is 2.45. The number of piperidine rings is 1. The van der Waals surface area contributed by atoms with E-state index in [1.165, 1.54) is 24.4 Å². The van der Waals surface area contributed by atoms with Crippen LogP contribution in [0.1, 0.15) is 43.1 Å². The Morgan fingerprint density at radius 3 is 2.35 bits per heavy atom. The Kier molecular flexibility index (Phi) is 7.63. The molecule has 0 aliphatic carbocycles. The second-order valence-corrected chi connectivity index (χ2v) is 9.96. The van der Waals surface area contributed by atoms with E-state index in [4.69, 9.17) is 10.5 Å². The summed E-state index contributed by atoms with van der Waals surface area (Å²) in [5.74, 6) is -5.62. The number of benzene rings is 1. The summed E-state index contributed by atoms with van der Waals surface area (Å²) in [6.45, 7) is 4.31. The van der Waals surface area contributed by atoms with E-state index in [0.717, 1.165) is 49.0 Å². The van der Waals surface area contributed by atoms with Crippen molar-refractivity contribution in [2.45, 2.75) is 57.4 Å². The molecule has 1 aliphatic rings. The Morgan fingerprint density at radius 1 is 0.975 bits per heavy atom. The van der Waals surface area contributed by atoms with E-state index in [9.17, 15) is 22.0 Å². The summed E-state index contributed by atoms with van der Waals surface area (Å²) in [6.07, 6.45) is 0.212. The molecule has 212 valence electrons. The number of pyridine rings is 2. The van der Waals surface area contributed by atoms with Gasteiger partial charge in [0.2, 0.25) is 0 Å². The summed E-state index contributed by atoms with van der Waals surface area (Å²) in [4.78, 5) is 14.2. The second-order valence-electron chi connectivity index (χ2n) is 9.96. The van der Waals surface area contributed by atoms with E-state index in [0.29, 0.717) is 23.6 Å². The highest BCUT2D eigenvalue weighted by atomic mass is 19.4. The van der Waals surface area contributed by atoms with Gasteiger partial charge in [0.25, 0.3) is 0 Å². The highest BCUT2D eigenvalue weighted by molar-refractivity contribution is 5.75. The van der Waals surface area contributed by atoms with Crippen molar-refractivity contribution in [2.24, 2.45) is 0 Å². The van der Waals surface area contributed by atoms with Gasteiger partial charge in [-0.15, -0.1) is 0 Å². The number of ether oxygens (including phenoxy) is 1. The van der Waals surface area contributed by atoms with E-state index < -0.39 is 17.9 Å². The Bertz CT molecular complexity index is 1460. The molecule has 1 aromatic carbocycles. The van der Waals surface area contributed by atoms with Crippen molar-refractivity contribution in [1.82, 2.24) is 24.4 Å². The number of hydrogen-bond donors (Lipinski definition) is 1. The minimum Gasteiger partial charge on any atom is -0.490 e. The number of halogens is 5. The number of anilines is 1. The summed E-state index contributed by atoms with van der Waals surface area (Å²) in [5, 5.41) is 0. The molecule has 7 nitrogen and oxygen atoms in total. The number of aromatic nitrogens is 4. The first-order valence-corrected chi connectivity index (χ1v) is 13.1. The van der Waals surface area contributed by atoms with Gasteiger partial charge in [-0.05, 0) is 72.9 Å². The fourth-order valence-electron chi connectivity index (χ4n) is 4.92. The monoisotopic (exact) mass is 560 g/mol. The third-order valence-corrected chi connectivity index (χ3v) is 6.91. The minimum atomic E-state index is -5.82. The highest BCUT2D eigenvalue weighted by Gasteiger charge is 2.62. The molecule has 0 radical (unpaired) electrons. The average molecular weight is 561 g/mol. The maximum absolute atomic E-state index is 14.6. The van der Waals surface area contributed by atoms with Crippen LogP contribution in [0.15, 0.2) is 54.9 Å². The SMILES string of the molecule is CCCc1cnc2c(c1)nc(C(F)(F)C(F)(F)F)n2-c1ccc(OC2CCN(Cc3ccnc(N)c3)CC2)cc1. The Hall–Kier alpha value is -3.80. The fraction of sp³-hybridized carbons (Fsp3) is 0.393. The Balaban J connectivity index is 1.33. The van der Waals surface area contributed by atoms with Crippen molar-refractivity contribution in [2.75, 3.05) is 18.8 Å². The summed E-state index contributed by atoms with van der Waals surface area (Å²) in [5.41, 5.74) is 7.54. The molecule has 0 saturated carbocycles. The van der Waals surface area contributed by atoms with Crippen LogP contribution in [0.4, 0.5) is 27.8 Å². The number of rotatable bonds is 8. The maximum Gasteiger partial charge on any atom is 0.461 e. The molecule has 0 spiro atoms. The number of hydrogen-bond acceptors (Lipinski definition) is 6. The Morgan fingerprint density at radius 2 is 1.70 bits per heavy atom. The Labute approximate surface area is 227 Å². The minimum absolute atomic E-state index is 0.0218. The molecule has 4 aromatic rings.